The van der Waals surface area contributed by atoms with Crippen molar-refractivity contribution >= 4 is 23.6 Å². The maximum absolute atomic E-state index is 6.02. The molecule has 0 amide bonds. The molecule has 3 aromatic rings. The van der Waals surface area contributed by atoms with Crippen molar-refractivity contribution in [2.24, 2.45) is 4.99 Å². The Morgan fingerprint density at radius 1 is 1.14 bits per heavy atom. The van der Waals surface area contributed by atoms with Crippen LogP contribution in [0.5, 0.6) is 11.6 Å². The van der Waals surface area contributed by atoms with Gasteiger partial charge in [-0.2, -0.15) is 0 Å². The molecule has 1 N–H and O–H groups in total. The van der Waals surface area contributed by atoms with Gasteiger partial charge in [0, 0.05) is 22.8 Å². The van der Waals surface area contributed by atoms with Crippen LogP contribution in [0.25, 0.3) is 5.69 Å². The summed E-state index contributed by atoms with van der Waals surface area (Å²) in [5.41, 5.74) is 3.90. The molecule has 0 aliphatic rings. The Hall–Kier alpha value is -2.79. The van der Waals surface area contributed by atoms with Crippen LogP contribution in [0.3, 0.4) is 0 Å². The minimum Gasteiger partial charge on any atom is -0.437 e. The van der Waals surface area contributed by atoms with E-state index in [4.69, 9.17) is 16.3 Å². The second kappa shape index (κ2) is 8.70. The van der Waals surface area contributed by atoms with Crippen molar-refractivity contribution in [2.45, 2.75) is 46.6 Å². The normalized spacial score (nSPS) is 11.8. The summed E-state index contributed by atoms with van der Waals surface area (Å²) < 4.78 is 7.78. The predicted octanol–water partition coefficient (Wildman–Crippen LogP) is 6.37. The van der Waals surface area contributed by atoms with E-state index in [0.717, 1.165) is 34.7 Å². The van der Waals surface area contributed by atoms with E-state index >= 15 is 0 Å². The SMILES string of the molecule is CCC(C)(C)N/C=N/c1cc(C)c(Oc2ccn(-c3ccc(Cl)cc3)n2)cc1C. The molecule has 29 heavy (non-hydrogen) atoms. The number of benzene rings is 2. The number of hydrogen-bond acceptors (Lipinski definition) is 3. The molecule has 0 bridgehead atoms. The fourth-order valence-electron chi connectivity index (χ4n) is 2.61. The quantitative estimate of drug-likeness (QED) is 0.363. The summed E-state index contributed by atoms with van der Waals surface area (Å²) in [5, 5.41) is 8.53. The smallest absolute Gasteiger partial charge is 0.238 e. The van der Waals surface area contributed by atoms with Crippen LogP contribution in [-0.4, -0.2) is 21.7 Å². The molecule has 1 aromatic heterocycles. The van der Waals surface area contributed by atoms with E-state index in [-0.39, 0.29) is 5.54 Å². The third kappa shape index (κ3) is 5.39. The van der Waals surface area contributed by atoms with Gasteiger partial charge in [-0.3, -0.25) is 0 Å². The second-order valence-corrected chi connectivity index (χ2v) is 8.16. The van der Waals surface area contributed by atoms with Gasteiger partial charge in [0.15, 0.2) is 0 Å². The maximum Gasteiger partial charge on any atom is 0.238 e. The van der Waals surface area contributed by atoms with Gasteiger partial charge in [0.25, 0.3) is 0 Å². The molecule has 3 rings (SSSR count). The zero-order chi connectivity index (χ0) is 21.0. The van der Waals surface area contributed by atoms with Crippen molar-refractivity contribution in [3.63, 3.8) is 0 Å². The van der Waals surface area contributed by atoms with Crippen LogP contribution in [0.2, 0.25) is 5.02 Å². The van der Waals surface area contributed by atoms with E-state index in [1.54, 1.807) is 11.0 Å². The van der Waals surface area contributed by atoms with E-state index in [9.17, 15) is 0 Å². The summed E-state index contributed by atoms with van der Waals surface area (Å²) in [7, 11) is 0. The largest absolute Gasteiger partial charge is 0.437 e. The Morgan fingerprint density at radius 3 is 2.55 bits per heavy atom. The third-order valence-electron chi connectivity index (χ3n) is 4.91. The minimum atomic E-state index is 0.0262. The number of nitrogens with zero attached hydrogens (tertiary/aromatic N) is 3. The molecule has 0 aliphatic carbocycles. The lowest BCUT2D eigenvalue weighted by Gasteiger charge is -2.22. The van der Waals surface area contributed by atoms with Gasteiger partial charge in [-0.05, 0) is 81.6 Å². The van der Waals surface area contributed by atoms with Gasteiger partial charge in [0.05, 0.1) is 17.7 Å². The predicted molar refractivity (Wildman–Crippen MR) is 120 cm³/mol. The Bertz CT molecular complexity index is 1010. The fraction of sp³-hybridized carbons (Fsp3) is 0.304. The molecule has 152 valence electrons. The van der Waals surface area contributed by atoms with Crippen LogP contribution in [-0.2, 0) is 0 Å². The highest BCUT2D eigenvalue weighted by molar-refractivity contribution is 6.30. The van der Waals surface area contributed by atoms with Crippen LogP contribution < -0.4 is 10.1 Å². The van der Waals surface area contributed by atoms with Gasteiger partial charge in [0.2, 0.25) is 5.88 Å². The molecule has 1 heterocycles. The van der Waals surface area contributed by atoms with Gasteiger partial charge in [-0.15, -0.1) is 5.10 Å². The first-order valence-electron chi connectivity index (χ1n) is 9.68. The topological polar surface area (TPSA) is 51.4 Å². The summed E-state index contributed by atoms with van der Waals surface area (Å²) >= 11 is 5.95. The van der Waals surface area contributed by atoms with Crippen molar-refractivity contribution in [1.82, 2.24) is 15.1 Å². The van der Waals surface area contributed by atoms with Crippen molar-refractivity contribution in [1.29, 1.82) is 0 Å². The highest BCUT2D eigenvalue weighted by Gasteiger charge is 2.12. The molecule has 0 saturated carbocycles. The summed E-state index contributed by atoms with van der Waals surface area (Å²) in [4.78, 5) is 4.58. The summed E-state index contributed by atoms with van der Waals surface area (Å²) in [6.07, 6.45) is 4.66. The van der Waals surface area contributed by atoms with Gasteiger partial charge in [0.1, 0.15) is 5.75 Å². The average molecular weight is 411 g/mol. The molecule has 0 unspecified atom stereocenters. The van der Waals surface area contributed by atoms with Crippen LogP contribution in [0.4, 0.5) is 5.69 Å². The van der Waals surface area contributed by atoms with Gasteiger partial charge >= 0.3 is 0 Å². The van der Waals surface area contributed by atoms with Crippen LogP contribution in [0.15, 0.2) is 53.7 Å². The number of nitrogens with one attached hydrogen (secondary N) is 1. The standard InChI is InChI=1S/C23H27ClN4O/c1-6-23(4,5)26-15-25-20-13-17(3)21(14-16(20)2)29-22-11-12-28(27-22)19-9-7-18(24)8-10-19/h7-15H,6H2,1-5H3,(H,25,26). The second-order valence-electron chi connectivity index (χ2n) is 7.72. The Balaban J connectivity index is 1.74. The van der Waals surface area contributed by atoms with E-state index in [1.807, 2.05) is 62.5 Å². The van der Waals surface area contributed by atoms with Crippen LogP contribution in [0, 0.1) is 13.8 Å². The van der Waals surface area contributed by atoms with Crippen molar-refractivity contribution < 1.29 is 4.74 Å². The molecular weight excluding hydrogens is 384 g/mol. The average Bonchev–Trinajstić information content (AvgIpc) is 3.14. The van der Waals surface area contributed by atoms with Crippen molar-refractivity contribution in [2.75, 3.05) is 0 Å². The summed E-state index contributed by atoms with van der Waals surface area (Å²) in [6.45, 7) is 10.5. The Kier molecular flexibility index (Phi) is 6.28. The number of hydrogen-bond donors (Lipinski definition) is 1. The molecule has 0 fully saturated rings. The van der Waals surface area contributed by atoms with Crippen LogP contribution >= 0.6 is 11.6 Å². The molecule has 6 heteroatoms. The first-order valence-corrected chi connectivity index (χ1v) is 10.1. The number of ether oxygens (including phenoxy) is 1. The van der Waals surface area contributed by atoms with E-state index in [2.05, 4.69) is 36.2 Å². The Morgan fingerprint density at radius 2 is 1.86 bits per heavy atom. The number of aromatic nitrogens is 2. The zero-order valence-electron chi connectivity index (χ0n) is 17.5. The molecule has 5 nitrogen and oxygen atoms in total. The highest BCUT2D eigenvalue weighted by Crippen LogP contribution is 2.31. The van der Waals surface area contributed by atoms with E-state index in [0.29, 0.717) is 10.9 Å². The lowest BCUT2D eigenvalue weighted by atomic mass is 10.0. The Labute approximate surface area is 177 Å². The maximum atomic E-state index is 6.02. The van der Waals surface area contributed by atoms with Crippen molar-refractivity contribution in [3.05, 3.63) is 64.8 Å². The lowest BCUT2D eigenvalue weighted by molar-refractivity contribution is 0.450. The number of aryl methyl sites for hydroxylation is 2. The van der Waals surface area contributed by atoms with Gasteiger partial charge in [-0.25, -0.2) is 9.67 Å². The monoisotopic (exact) mass is 410 g/mol. The first kappa shape index (κ1) is 20.9. The van der Waals surface area contributed by atoms with Gasteiger partial charge in [-0.1, -0.05) is 18.5 Å². The molecule has 0 saturated heterocycles. The zero-order valence-corrected chi connectivity index (χ0v) is 18.3. The summed E-state index contributed by atoms with van der Waals surface area (Å²) in [6, 6.07) is 13.4. The van der Waals surface area contributed by atoms with E-state index in [1.165, 1.54) is 0 Å². The van der Waals surface area contributed by atoms with Gasteiger partial charge < -0.3 is 10.1 Å². The molecule has 2 aromatic carbocycles. The van der Waals surface area contributed by atoms with Crippen LogP contribution in [0.1, 0.15) is 38.3 Å². The number of rotatable bonds is 7. The highest BCUT2D eigenvalue weighted by atomic mass is 35.5. The third-order valence-corrected chi connectivity index (χ3v) is 5.16. The minimum absolute atomic E-state index is 0.0262. The first-order chi connectivity index (χ1) is 13.8. The fourth-order valence-corrected chi connectivity index (χ4v) is 2.74. The molecule has 0 spiro atoms. The molecule has 0 radical (unpaired) electrons. The molecule has 0 aliphatic heterocycles. The lowest BCUT2D eigenvalue weighted by Crippen LogP contribution is -2.37. The molecule has 0 atom stereocenters. The molecular formula is C23H27ClN4O. The number of aliphatic imine (C=N–C) groups is 1. The van der Waals surface area contributed by atoms with Crippen molar-refractivity contribution in [3.8, 4) is 17.3 Å². The van der Waals surface area contributed by atoms with E-state index < -0.39 is 0 Å². The summed E-state index contributed by atoms with van der Waals surface area (Å²) in [5.74, 6) is 1.30. The number of halogens is 1.